The molecule has 18 heavy (non-hydrogen) atoms. The van der Waals surface area contributed by atoms with Gasteiger partial charge in [0.1, 0.15) is 11.6 Å². The number of hydrogen-bond acceptors (Lipinski definition) is 3. The summed E-state index contributed by atoms with van der Waals surface area (Å²) in [6.07, 6.45) is 0. The monoisotopic (exact) mass is 321 g/mol. The fourth-order valence-electron chi connectivity index (χ4n) is 1.33. The van der Waals surface area contributed by atoms with Crippen molar-refractivity contribution in [1.29, 1.82) is 0 Å². The summed E-state index contributed by atoms with van der Waals surface area (Å²) in [6.45, 7) is 3.90. The number of halogens is 3. The van der Waals surface area contributed by atoms with Gasteiger partial charge in [-0.3, -0.25) is 4.79 Å². The van der Waals surface area contributed by atoms with Gasteiger partial charge in [0, 0.05) is 17.1 Å². The normalized spacial score (nSPS) is 12.1. The Balaban J connectivity index is 2.66. The van der Waals surface area contributed by atoms with Gasteiger partial charge >= 0.3 is 5.97 Å². The van der Waals surface area contributed by atoms with Gasteiger partial charge in [0.15, 0.2) is 0 Å². The van der Waals surface area contributed by atoms with E-state index < -0.39 is 17.6 Å². The Hall–Kier alpha value is -1.17. The second-order valence-electron chi connectivity index (χ2n) is 3.78. The third-order valence-electron chi connectivity index (χ3n) is 2.28. The molecule has 1 N–H and O–H groups in total. The molecule has 6 heteroatoms. The number of carbonyl (C=O) groups is 1. The maximum atomic E-state index is 13.5. The van der Waals surface area contributed by atoms with Gasteiger partial charge in [0.05, 0.1) is 18.2 Å². The molecule has 1 unspecified atom stereocenters. The van der Waals surface area contributed by atoms with Crippen LogP contribution < -0.4 is 5.32 Å². The molecule has 0 aromatic heterocycles. The van der Waals surface area contributed by atoms with Gasteiger partial charge in [-0.05, 0) is 28.9 Å². The van der Waals surface area contributed by atoms with E-state index in [1.807, 2.05) is 0 Å². The molecule has 1 rings (SSSR count). The molecule has 0 spiro atoms. The van der Waals surface area contributed by atoms with Crippen LogP contribution in [-0.4, -0.2) is 19.1 Å². The highest BCUT2D eigenvalue weighted by Gasteiger charge is 2.16. The highest BCUT2D eigenvalue weighted by molar-refractivity contribution is 9.10. The molecule has 1 atom stereocenters. The summed E-state index contributed by atoms with van der Waals surface area (Å²) in [7, 11) is 0. The largest absolute Gasteiger partial charge is 0.466 e. The highest BCUT2D eigenvalue weighted by Crippen LogP contribution is 2.27. The molecule has 0 aliphatic rings. The molecule has 0 aliphatic heterocycles. The van der Waals surface area contributed by atoms with Gasteiger partial charge in [-0.1, -0.05) is 6.92 Å². The molecule has 0 amide bonds. The number of hydrogen-bond donors (Lipinski definition) is 1. The van der Waals surface area contributed by atoms with Gasteiger partial charge in [-0.25, -0.2) is 8.78 Å². The van der Waals surface area contributed by atoms with Crippen LogP contribution in [0.15, 0.2) is 16.6 Å². The molecule has 0 aliphatic carbocycles. The summed E-state index contributed by atoms with van der Waals surface area (Å²) < 4.78 is 31.4. The minimum Gasteiger partial charge on any atom is -0.466 e. The van der Waals surface area contributed by atoms with Crippen molar-refractivity contribution in [2.75, 3.05) is 18.5 Å². The third-order valence-corrected chi connectivity index (χ3v) is 2.91. The van der Waals surface area contributed by atoms with Crippen LogP contribution in [0.3, 0.4) is 0 Å². The van der Waals surface area contributed by atoms with Crippen LogP contribution in [0.2, 0.25) is 0 Å². The maximum absolute atomic E-state index is 13.5. The Morgan fingerprint density at radius 1 is 1.50 bits per heavy atom. The predicted octanol–water partition coefficient (Wildman–Crippen LogP) is 3.34. The van der Waals surface area contributed by atoms with Crippen LogP contribution in [0.4, 0.5) is 14.5 Å². The minimum atomic E-state index is -0.710. The Kier molecular flexibility index (Phi) is 5.53. The second kappa shape index (κ2) is 6.68. The number of nitrogens with one attached hydrogen (secondary N) is 1. The zero-order valence-corrected chi connectivity index (χ0v) is 11.7. The van der Waals surface area contributed by atoms with E-state index in [4.69, 9.17) is 4.74 Å². The van der Waals surface area contributed by atoms with E-state index in [9.17, 15) is 13.6 Å². The molecule has 0 saturated carbocycles. The maximum Gasteiger partial charge on any atom is 0.310 e. The molecular formula is C12H14BrF2NO2. The molecule has 3 nitrogen and oxygen atoms in total. The van der Waals surface area contributed by atoms with Gasteiger partial charge in [0.25, 0.3) is 0 Å². The lowest BCUT2D eigenvalue weighted by molar-refractivity contribution is -0.146. The summed E-state index contributed by atoms with van der Waals surface area (Å²) >= 11 is 3.06. The van der Waals surface area contributed by atoms with E-state index in [-0.39, 0.29) is 22.7 Å². The van der Waals surface area contributed by atoms with Gasteiger partial charge in [0.2, 0.25) is 0 Å². The van der Waals surface area contributed by atoms with Crippen LogP contribution in [0.1, 0.15) is 13.8 Å². The Labute approximate surface area is 113 Å². The fraction of sp³-hybridized carbons (Fsp3) is 0.417. The number of rotatable bonds is 5. The van der Waals surface area contributed by atoms with Crippen LogP contribution in [0.5, 0.6) is 0 Å². The summed E-state index contributed by atoms with van der Waals surface area (Å²) in [5.74, 6) is -2.15. The molecule has 0 fully saturated rings. The van der Waals surface area contributed by atoms with Crippen molar-refractivity contribution >= 4 is 27.6 Å². The van der Waals surface area contributed by atoms with Gasteiger partial charge in [-0.2, -0.15) is 0 Å². The standard InChI is InChI=1S/C12H14BrF2NO2/c1-3-18-12(17)7(2)6-16-11-9(13)4-8(14)5-10(11)15/h4-5,7,16H,3,6H2,1-2H3. The summed E-state index contributed by atoms with van der Waals surface area (Å²) in [5, 5.41) is 2.76. The SMILES string of the molecule is CCOC(=O)C(C)CNc1c(F)cc(F)cc1Br. The number of anilines is 1. The topological polar surface area (TPSA) is 38.3 Å². The molecule has 0 bridgehead atoms. The highest BCUT2D eigenvalue weighted by atomic mass is 79.9. The van der Waals surface area contributed by atoms with Gasteiger partial charge < -0.3 is 10.1 Å². The fourth-order valence-corrected chi connectivity index (χ4v) is 1.88. The van der Waals surface area contributed by atoms with Crippen LogP contribution in [0.25, 0.3) is 0 Å². The molecule has 1 aromatic rings. The first-order valence-corrected chi connectivity index (χ1v) is 6.30. The average Bonchev–Trinajstić information content (AvgIpc) is 2.27. The second-order valence-corrected chi connectivity index (χ2v) is 4.63. The van der Waals surface area contributed by atoms with E-state index in [1.165, 1.54) is 0 Å². The lowest BCUT2D eigenvalue weighted by Crippen LogP contribution is -2.23. The summed E-state index contributed by atoms with van der Waals surface area (Å²) in [6, 6.07) is 1.93. The van der Waals surface area contributed by atoms with Crippen molar-refractivity contribution in [2.24, 2.45) is 5.92 Å². The Bertz CT molecular complexity index is 417. The van der Waals surface area contributed by atoms with Gasteiger partial charge in [-0.15, -0.1) is 0 Å². The molecule has 0 saturated heterocycles. The number of carbonyl (C=O) groups excluding carboxylic acids is 1. The van der Waals surface area contributed by atoms with Crippen LogP contribution in [0, 0.1) is 17.6 Å². The first-order valence-electron chi connectivity index (χ1n) is 5.50. The number of ether oxygens (including phenoxy) is 1. The van der Waals surface area contributed by atoms with E-state index >= 15 is 0 Å². The zero-order valence-electron chi connectivity index (χ0n) is 10.1. The first kappa shape index (κ1) is 14.9. The van der Waals surface area contributed by atoms with Crippen molar-refractivity contribution in [3.8, 4) is 0 Å². The summed E-state index contributed by atoms with van der Waals surface area (Å²) in [5.41, 5.74) is 0.132. The molecule has 1 aromatic carbocycles. The van der Waals surface area contributed by atoms with E-state index in [2.05, 4.69) is 21.2 Å². The molecular weight excluding hydrogens is 308 g/mol. The summed E-state index contributed by atoms with van der Waals surface area (Å²) in [4.78, 5) is 11.4. The molecule has 100 valence electrons. The molecule has 0 radical (unpaired) electrons. The Morgan fingerprint density at radius 2 is 2.17 bits per heavy atom. The Morgan fingerprint density at radius 3 is 2.72 bits per heavy atom. The first-order chi connectivity index (χ1) is 8.45. The van der Waals surface area contributed by atoms with E-state index in [0.717, 1.165) is 12.1 Å². The van der Waals surface area contributed by atoms with E-state index in [1.54, 1.807) is 13.8 Å². The average molecular weight is 322 g/mol. The predicted molar refractivity (Wildman–Crippen MR) is 68.3 cm³/mol. The number of esters is 1. The van der Waals surface area contributed by atoms with Crippen molar-refractivity contribution < 1.29 is 18.3 Å². The minimum absolute atomic E-state index is 0.132. The lowest BCUT2D eigenvalue weighted by atomic mass is 10.2. The van der Waals surface area contributed by atoms with Crippen molar-refractivity contribution in [3.05, 3.63) is 28.2 Å². The third kappa shape index (κ3) is 3.94. The quantitative estimate of drug-likeness (QED) is 0.845. The number of benzene rings is 1. The lowest BCUT2D eigenvalue weighted by Gasteiger charge is -2.14. The van der Waals surface area contributed by atoms with Crippen molar-refractivity contribution in [3.63, 3.8) is 0 Å². The molecule has 0 heterocycles. The van der Waals surface area contributed by atoms with Crippen molar-refractivity contribution in [1.82, 2.24) is 0 Å². The smallest absolute Gasteiger partial charge is 0.310 e. The van der Waals surface area contributed by atoms with E-state index in [0.29, 0.717) is 6.61 Å². The zero-order chi connectivity index (χ0) is 13.7. The van der Waals surface area contributed by atoms with Crippen molar-refractivity contribution in [2.45, 2.75) is 13.8 Å². The van der Waals surface area contributed by atoms with Crippen LogP contribution in [-0.2, 0) is 9.53 Å². The van der Waals surface area contributed by atoms with Crippen LogP contribution >= 0.6 is 15.9 Å².